The molecule has 1 aliphatic rings. The van der Waals surface area contributed by atoms with Gasteiger partial charge in [-0.2, -0.15) is 4.31 Å². The van der Waals surface area contributed by atoms with Crippen molar-refractivity contribution in [2.75, 3.05) is 13.1 Å². The third kappa shape index (κ3) is 2.22. The van der Waals surface area contributed by atoms with Crippen LogP contribution in [0.1, 0.15) is 25.6 Å². The first-order valence-corrected chi connectivity index (χ1v) is 7.29. The molecule has 0 aliphatic carbocycles. The lowest BCUT2D eigenvalue weighted by atomic mass is 10.2. The number of sulfonamides is 1. The summed E-state index contributed by atoms with van der Waals surface area (Å²) in [4.78, 5) is 6.87. The van der Waals surface area contributed by atoms with Gasteiger partial charge in [0, 0.05) is 25.6 Å². The van der Waals surface area contributed by atoms with Crippen LogP contribution in [0.4, 0.5) is 0 Å². The molecule has 1 atom stereocenters. The van der Waals surface area contributed by atoms with Crippen LogP contribution in [0.2, 0.25) is 0 Å². The van der Waals surface area contributed by atoms with Gasteiger partial charge in [-0.1, -0.05) is 6.92 Å². The van der Waals surface area contributed by atoms with E-state index in [1.54, 1.807) is 0 Å². The van der Waals surface area contributed by atoms with E-state index in [1.165, 1.54) is 10.5 Å². The minimum absolute atomic E-state index is 0.0756. The monoisotopic (exact) mass is 258 g/mol. The molecule has 0 amide bonds. The number of nitrogens with one attached hydrogen (secondary N) is 1. The molecule has 0 saturated carbocycles. The van der Waals surface area contributed by atoms with Gasteiger partial charge in [-0.25, -0.2) is 13.4 Å². The summed E-state index contributed by atoms with van der Waals surface area (Å²) in [5.41, 5.74) is 5.60. The summed E-state index contributed by atoms with van der Waals surface area (Å²) in [6.45, 7) is 2.84. The largest absolute Gasteiger partial charge is 0.332 e. The first kappa shape index (κ1) is 12.5. The van der Waals surface area contributed by atoms with E-state index in [4.69, 9.17) is 5.73 Å². The molecule has 0 spiro atoms. The molecule has 96 valence electrons. The van der Waals surface area contributed by atoms with Crippen molar-refractivity contribution in [3.8, 4) is 0 Å². The number of hydrogen-bond acceptors (Lipinski definition) is 4. The van der Waals surface area contributed by atoms with Crippen LogP contribution < -0.4 is 5.73 Å². The van der Waals surface area contributed by atoms with Crippen LogP contribution in [-0.4, -0.2) is 41.8 Å². The molecule has 1 aromatic rings. The standard InChI is InChI=1S/C10H18N4O2S/c1-2-9-12-7-10(13-9)17(15,16)14-5-3-4-8(14)6-11/h7-8H,2-6,11H2,1H3,(H,12,13). The first-order valence-electron chi connectivity index (χ1n) is 5.85. The number of aromatic amines is 1. The summed E-state index contributed by atoms with van der Waals surface area (Å²) >= 11 is 0. The van der Waals surface area contributed by atoms with Gasteiger partial charge in [-0.05, 0) is 12.8 Å². The zero-order chi connectivity index (χ0) is 12.5. The summed E-state index contributed by atoms with van der Waals surface area (Å²) in [5, 5.41) is 0.176. The van der Waals surface area contributed by atoms with E-state index in [2.05, 4.69) is 9.97 Å². The van der Waals surface area contributed by atoms with E-state index >= 15 is 0 Å². The molecule has 2 rings (SSSR count). The number of imidazole rings is 1. The summed E-state index contributed by atoms with van der Waals surface area (Å²) in [7, 11) is -3.45. The highest BCUT2D eigenvalue weighted by molar-refractivity contribution is 7.89. The number of aromatic nitrogens is 2. The Morgan fingerprint density at radius 3 is 3.00 bits per heavy atom. The molecule has 1 unspecified atom stereocenters. The zero-order valence-electron chi connectivity index (χ0n) is 9.89. The number of aryl methyl sites for hydroxylation is 1. The fourth-order valence-corrected chi connectivity index (χ4v) is 3.78. The van der Waals surface area contributed by atoms with Crippen LogP contribution in [0, 0.1) is 0 Å². The van der Waals surface area contributed by atoms with Crippen LogP contribution in [0.3, 0.4) is 0 Å². The third-order valence-electron chi connectivity index (χ3n) is 3.12. The average Bonchev–Trinajstić information content (AvgIpc) is 2.97. The lowest BCUT2D eigenvalue weighted by Gasteiger charge is -2.21. The van der Waals surface area contributed by atoms with Gasteiger partial charge < -0.3 is 10.7 Å². The zero-order valence-corrected chi connectivity index (χ0v) is 10.7. The highest BCUT2D eigenvalue weighted by atomic mass is 32.2. The highest BCUT2D eigenvalue weighted by Gasteiger charge is 2.35. The van der Waals surface area contributed by atoms with Crippen molar-refractivity contribution in [2.24, 2.45) is 5.73 Å². The Hall–Kier alpha value is -0.920. The molecular formula is C10H18N4O2S. The van der Waals surface area contributed by atoms with E-state index in [0.29, 0.717) is 25.3 Å². The van der Waals surface area contributed by atoms with Gasteiger partial charge in [0.2, 0.25) is 0 Å². The fraction of sp³-hybridized carbons (Fsp3) is 0.700. The molecule has 1 aliphatic heterocycles. The van der Waals surface area contributed by atoms with Gasteiger partial charge in [0.15, 0.2) is 5.03 Å². The van der Waals surface area contributed by atoms with Crippen LogP contribution >= 0.6 is 0 Å². The quantitative estimate of drug-likeness (QED) is 0.800. The lowest BCUT2D eigenvalue weighted by Crippen LogP contribution is -2.40. The molecule has 0 bridgehead atoms. The number of hydrogen-bond donors (Lipinski definition) is 2. The van der Waals surface area contributed by atoms with Crippen molar-refractivity contribution in [3.05, 3.63) is 12.0 Å². The van der Waals surface area contributed by atoms with Crippen LogP contribution in [0.15, 0.2) is 11.2 Å². The molecule has 6 nitrogen and oxygen atoms in total. The maximum Gasteiger partial charge on any atom is 0.260 e. The molecule has 1 aromatic heterocycles. The maximum atomic E-state index is 12.3. The van der Waals surface area contributed by atoms with Crippen molar-refractivity contribution in [2.45, 2.75) is 37.3 Å². The molecule has 7 heteroatoms. The van der Waals surface area contributed by atoms with Crippen molar-refractivity contribution < 1.29 is 8.42 Å². The van der Waals surface area contributed by atoms with Crippen LogP contribution in [-0.2, 0) is 16.4 Å². The van der Waals surface area contributed by atoms with Gasteiger partial charge in [0.05, 0.1) is 6.20 Å². The molecule has 3 N–H and O–H groups in total. The number of H-pyrrole nitrogens is 1. The van der Waals surface area contributed by atoms with E-state index < -0.39 is 10.0 Å². The highest BCUT2D eigenvalue weighted by Crippen LogP contribution is 2.24. The molecule has 2 heterocycles. The Morgan fingerprint density at radius 2 is 2.41 bits per heavy atom. The van der Waals surface area contributed by atoms with E-state index in [1.807, 2.05) is 6.92 Å². The summed E-state index contributed by atoms with van der Waals surface area (Å²) in [6.07, 6.45) is 3.79. The second-order valence-electron chi connectivity index (χ2n) is 4.20. The van der Waals surface area contributed by atoms with Crippen molar-refractivity contribution >= 4 is 10.0 Å². The Balaban J connectivity index is 2.29. The minimum Gasteiger partial charge on any atom is -0.332 e. The minimum atomic E-state index is -3.45. The fourth-order valence-electron chi connectivity index (χ4n) is 2.14. The Kier molecular flexibility index (Phi) is 3.50. The van der Waals surface area contributed by atoms with Crippen LogP contribution in [0.5, 0.6) is 0 Å². The SMILES string of the molecule is CCc1ncc(S(=O)(=O)N2CCCC2CN)[nH]1. The second kappa shape index (κ2) is 4.75. The summed E-state index contributed by atoms with van der Waals surface area (Å²) in [5.74, 6) is 0.687. The van der Waals surface area contributed by atoms with Gasteiger partial charge in [-0.15, -0.1) is 0 Å². The normalized spacial score (nSPS) is 22.1. The average molecular weight is 258 g/mol. The lowest BCUT2D eigenvalue weighted by molar-refractivity contribution is 0.391. The smallest absolute Gasteiger partial charge is 0.260 e. The molecule has 0 aromatic carbocycles. The predicted octanol–water partition coefficient (Wildman–Crippen LogP) is 0.0839. The van der Waals surface area contributed by atoms with Crippen molar-refractivity contribution in [1.82, 2.24) is 14.3 Å². The number of nitrogens with two attached hydrogens (primary N) is 1. The molecule has 1 fully saturated rings. The van der Waals surface area contributed by atoms with Gasteiger partial charge in [0.25, 0.3) is 10.0 Å². The molecule has 0 radical (unpaired) electrons. The third-order valence-corrected chi connectivity index (χ3v) is 4.98. The molecule has 1 saturated heterocycles. The van der Waals surface area contributed by atoms with E-state index in [0.717, 1.165) is 12.8 Å². The van der Waals surface area contributed by atoms with Crippen molar-refractivity contribution in [1.29, 1.82) is 0 Å². The predicted molar refractivity (Wildman–Crippen MR) is 63.9 cm³/mol. The number of rotatable bonds is 4. The first-order chi connectivity index (χ1) is 8.09. The van der Waals surface area contributed by atoms with E-state index in [-0.39, 0.29) is 11.1 Å². The molecular weight excluding hydrogens is 240 g/mol. The summed E-state index contributed by atoms with van der Waals surface area (Å²) < 4.78 is 26.2. The second-order valence-corrected chi connectivity index (χ2v) is 6.05. The van der Waals surface area contributed by atoms with Crippen molar-refractivity contribution in [3.63, 3.8) is 0 Å². The Labute approximate surface area is 101 Å². The maximum absolute atomic E-state index is 12.3. The van der Waals surface area contributed by atoms with Crippen LogP contribution in [0.25, 0.3) is 0 Å². The van der Waals surface area contributed by atoms with Gasteiger partial charge in [0.1, 0.15) is 5.82 Å². The van der Waals surface area contributed by atoms with Gasteiger partial charge >= 0.3 is 0 Å². The summed E-state index contributed by atoms with van der Waals surface area (Å²) in [6, 6.07) is -0.0756. The number of nitrogens with zero attached hydrogens (tertiary/aromatic N) is 2. The van der Waals surface area contributed by atoms with Gasteiger partial charge in [-0.3, -0.25) is 0 Å². The van der Waals surface area contributed by atoms with E-state index in [9.17, 15) is 8.42 Å². The Bertz CT molecular complexity index is 482. The molecule has 17 heavy (non-hydrogen) atoms. The topological polar surface area (TPSA) is 92.1 Å². The Morgan fingerprint density at radius 1 is 1.65 bits per heavy atom.